The topological polar surface area (TPSA) is 55.8 Å². The van der Waals surface area contributed by atoms with Crippen molar-refractivity contribution in [2.45, 2.75) is 71.9 Å². The van der Waals surface area contributed by atoms with Crippen molar-refractivity contribution in [3.05, 3.63) is 53.1 Å². The Balaban J connectivity index is 1.57. The average molecular weight is 476 g/mol. The highest BCUT2D eigenvalue weighted by Crippen LogP contribution is 2.53. The van der Waals surface area contributed by atoms with Gasteiger partial charge in [-0.25, -0.2) is 0 Å². The molecule has 188 valence electrons. The highest BCUT2D eigenvalue weighted by molar-refractivity contribution is 5.74. The molecule has 1 amide bonds. The molecule has 1 aliphatic carbocycles. The summed E-state index contributed by atoms with van der Waals surface area (Å²) in [5, 5.41) is 12.7. The van der Waals surface area contributed by atoms with Crippen LogP contribution >= 0.6 is 0 Å². The maximum Gasteiger partial charge on any atom is 0.137 e. The summed E-state index contributed by atoms with van der Waals surface area (Å²) in [7, 11) is 0. The molecule has 2 bridgehead atoms. The molecular formula is C30H39N2O3-. The minimum Gasteiger partial charge on any atom is -0.530 e. The predicted octanol–water partition coefficient (Wildman–Crippen LogP) is 5.24. The molecule has 3 saturated heterocycles. The average Bonchev–Trinajstić information content (AvgIpc) is 3.09. The fourth-order valence-corrected chi connectivity index (χ4v) is 6.81. The Hall–Kier alpha value is -2.53. The van der Waals surface area contributed by atoms with Gasteiger partial charge in [-0.1, -0.05) is 52.0 Å². The Morgan fingerprint density at radius 3 is 2.40 bits per heavy atom. The number of nitrogens with zero attached hydrogens (tertiary/aromatic N) is 2. The first-order valence-electron chi connectivity index (χ1n) is 13.3. The minimum absolute atomic E-state index is 0.00322. The molecule has 0 saturated carbocycles. The highest BCUT2D eigenvalue weighted by Gasteiger charge is 2.48. The van der Waals surface area contributed by atoms with Crippen LogP contribution in [0.15, 0.2) is 36.4 Å². The Morgan fingerprint density at radius 2 is 1.86 bits per heavy atom. The molecule has 3 fully saturated rings. The Labute approximate surface area is 210 Å². The smallest absolute Gasteiger partial charge is 0.137 e. The van der Waals surface area contributed by atoms with E-state index in [9.17, 15) is 9.90 Å². The monoisotopic (exact) mass is 475 g/mol. The molecule has 3 heterocycles. The Morgan fingerprint density at radius 1 is 1.17 bits per heavy atom. The van der Waals surface area contributed by atoms with Gasteiger partial charge in [-0.2, -0.15) is 0 Å². The van der Waals surface area contributed by atoms with Crippen LogP contribution in [-0.4, -0.2) is 48.2 Å². The summed E-state index contributed by atoms with van der Waals surface area (Å²) in [6.45, 7) is 14.4. The second-order valence-corrected chi connectivity index (χ2v) is 11.7. The van der Waals surface area contributed by atoms with E-state index in [0.717, 1.165) is 61.3 Å². The maximum absolute atomic E-state index is 12.7. The molecule has 2 aromatic rings. The third-order valence-electron chi connectivity index (χ3n) is 8.58. The fraction of sp³-hybridized carbons (Fsp3) is 0.567. The molecule has 5 nitrogen and oxygen atoms in total. The molecule has 2 atom stereocenters. The minimum atomic E-state index is -1.04. The van der Waals surface area contributed by atoms with Gasteiger partial charge >= 0.3 is 0 Å². The van der Waals surface area contributed by atoms with Crippen molar-refractivity contribution >= 4 is 6.09 Å². The molecule has 0 radical (unpaired) electrons. The number of carbonyl (C=O) groups excluding carboxylic acids is 1. The normalized spacial score (nSPS) is 26.6. The number of hydrogen-bond acceptors (Lipinski definition) is 4. The van der Waals surface area contributed by atoms with Crippen molar-refractivity contribution in [1.29, 1.82) is 0 Å². The third kappa shape index (κ3) is 4.33. The van der Waals surface area contributed by atoms with Crippen LogP contribution in [0, 0.1) is 11.3 Å². The molecule has 35 heavy (non-hydrogen) atoms. The quantitative estimate of drug-likeness (QED) is 0.573. The second-order valence-electron chi connectivity index (χ2n) is 11.7. The van der Waals surface area contributed by atoms with Crippen LogP contribution < -0.4 is 9.84 Å². The Kier molecular flexibility index (Phi) is 6.33. The van der Waals surface area contributed by atoms with E-state index in [-0.39, 0.29) is 17.5 Å². The Bertz CT molecular complexity index is 1080. The highest BCUT2D eigenvalue weighted by atomic mass is 16.5. The van der Waals surface area contributed by atoms with Gasteiger partial charge in [-0.15, -0.1) is 0 Å². The SMILES string of the molecule is CCOc1cc2c(cc1-c1ccc(C(C)C)cc1)CC(C)(C)[C@H]2N(C(=O)[O-])[C@@H]1CN2CCC1CC2. The predicted molar refractivity (Wildman–Crippen MR) is 138 cm³/mol. The van der Waals surface area contributed by atoms with Crippen LogP contribution in [0.2, 0.25) is 0 Å². The van der Waals surface area contributed by atoms with E-state index in [0.29, 0.717) is 18.4 Å². The van der Waals surface area contributed by atoms with E-state index in [1.54, 1.807) is 4.90 Å². The summed E-state index contributed by atoms with van der Waals surface area (Å²) >= 11 is 0. The van der Waals surface area contributed by atoms with E-state index in [2.05, 4.69) is 69.0 Å². The second kappa shape index (κ2) is 9.16. The number of hydrogen-bond donors (Lipinski definition) is 0. The molecule has 5 heteroatoms. The van der Waals surface area contributed by atoms with E-state index in [4.69, 9.17) is 4.74 Å². The number of ether oxygens (including phenoxy) is 1. The summed E-state index contributed by atoms with van der Waals surface area (Å²) in [4.78, 5) is 16.8. The molecule has 0 N–H and O–H groups in total. The van der Waals surface area contributed by atoms with Crippen molar-refractivity contribution in [2.24, 2.45) is 11.3 Å². The fourth-order valence-electron chi connectivity index (χ4n) is 6.81. The lowest BCUT2D eigenvalue weighted by Gasteiger charge is -2.53. The van der Waals surface area contributed by atoms with Gasteiger partial charge in [-0.3, -0.25) is 0 Å². The molecule has 0 aromatic heterocycles. The third-order valence-corrected chi connectivity index (χ3v) is 8.58. The molecule has 3 aliphatic heterocycles. The van der Waals surface area contributed by atoms with Gasteiger partial charge in [-0.05, 0) is 90.9 Å². The van der Waals surface area contributed by atoms with Crippen molar-refractivity contribution in [3.63, 3.8) is 0 Å². The number of rotatable bonds is 6. The van der Waals surface area contributed by atoms with Crippen LogP contribution in [-0.2, 0) is 6.42 Å². The van der Waals surface area contributed by atoms with Crippen molar-refractivity contribution < 1.29 is 14.6 Å². The standard InChI is InChI=1S/C30H40N2O3/c1-6-35-27-16-25-23(15-24(27)21-9-7-20(8-10-21)19(2)3)17-30(4,5)28(25)32(29(33)34)26-18-31-13-11-22(26)12-14-31/h7-10,15-16,19,22,26,28H,6,11-14,17-18H2,1-5H3,(H,33,34)/p-1/t26-,28+/m1/s1. The molecule has 4 aliphatic rings. The van der Waals surface area contributed by atoms with Gasteiger partial charge in [0.15, 0.2) is 0 Å². The van der Waals surface area contributed by atoms with Gasteiger partial charge in [0.25, 0.3) is 0 Å². The van der Waals surface area contributed by atoms with Gasteiger partial charge in [0.05, 0.1) is 12.6 Å². The van der Waals surface area contributed by atoms with Crippen molar-refractivity contribution in [3.8, 4) is 16.9 Å². The maximum atomic E-state index is 12.7. The van der Waals surface area contributed by atoms with Crippen LogP contribution in [0.25, 0.3) is 11.1 Å². The van der Waals surface area contributed by atoms with Crippen LogP contribution in [0.1, 0.15) is 76.1 Å². The number of benzene rings is 2. The lowest BCUT2D eigenvalue weighted by atomic mass is 9.79. The van der Waals surface area contributed by atoms with Gasteiger partial charge in [0.1, 0.15) is 11.8 Å². The van der Waals surface area contributed by atoms with Gasteiger partial charge < -0.3 is 24.4 Å². The zero-order valence-electron chi connectivity index (χ0n) is 21.8. The van der Waals surface area contributed by atoms with Crippen molar-refractivity contribution in [1.82, 2.24) is 9.80 Å². The van der Waals surface area contributed by atoms with Crippen LogP contribution in [0.4, 0.5) is 4.79 Å². The van der Waals surface area contributed by atoms with Crippen LogP contribution in [0.5, 0.6) is 5.75 Å². The summed E-state index contributed by atoms with van der Waals surface area (Å²) in [5.41, 5.74) is 5.62. The first-order chi connectivity index (χ1) is 16.7. The molecule has 2 aromatic carbocycles. The molecular weight excluding hydrogens is 436 g/mol. The summed E-state index contributed by atoms with van der Waals surface area (Å²) in [6, 6.07) is 12.9. The van der Waals surface area contributed by atoms with E-state index < -0.39 is 6.09 Å². The number of piperidine rings is 3. The number of carbonyl (C=O) groups is 1. The van der Waals surface area contributed by atoms with Gasteiger partial charge in [0.2, 0.25) is 0 Å². The first kappa shape index (κ1) is 24.2. The van der Waals surface area contributed by atoms with Crippen LogP contribution in [0.3, 0.4) is 0 Å². The van der Waals surface area contributed by atoms with E-state index in [1.165, 1.54) is 11.1 Å². The summed E-state index contributed by atoms with van der Waals surface area (Å²) in [6.07, 6.45) is 1.94. The summed E-state index contributed by atoms with van der Waals surface area (Å²) < 4.78 is 6.16. The van der Waals surface area contributed by atoms with E-state index >= 15 is 0 Å². The zero-order chi connectivity index (χ0) is 24.9. The summed E-state index contributed by atoms with van der Waals surface area (Å²) in [5.74, 6) is 1.74. The largest absolute Gasteiger partial charge is 0.530 e. The molecule has 6 rings (SSSR count). The zero-order valence-corrected chi connectivity index (χ0v) is 21.8. The molecule has 0 spiro atoms. The lowest BCUT2D eigenvalue weighted by molar-refractivity contribution is -0.276. The van der Waals surface area contributed by atoms with E-state index in [1.807, 2.05) is 6.92 Å². The number of fused-ring (bicyclic) bond motifs is 4. The number of carboxylic acid groups (broad SMARTS) is 1. The first-order valence-corrected chi connectivity index (χ1v) is 13.3. The van der Waals surface area contributed by atoms with Gasteiger partial charge in [0, 0.05) is 18.2 Å². The number of amides is 1. The molecule has 0 unspecified atom stereocenters. The lowest BCUT2D eigenvalue weighted by Crippen LogP contribution is -2.62. The van der Waals surface area contributed by atoms with Crippen molar-refractivity contribution in [2.75, 3.05) is 26.2 Å².